The van der Waals surface area contributed by atoms with Crippen LogP contribution in [0.2, 0.25) is 0 Å². The predicted molar refractivity (Wildman–Crippen MR) is 89.5 cm³/mol. The van der Waals surface area contributed by atoms with Crippen LogP contribution < -0.4 is 4.74 Å². The summed E-state index contributed by atoms with van der Waals surface area (Å²) < 4.78 is 6.50. The first-order chi connectivity index (χ1) is 10.0. The monoisotopic (exact) mass is 306 g/mol. The molecule has 1 nitrogen and oxygen atoms in total. The molecular formula is C19H27ClO. The average molecular weight is 307 g/mol. The predicted octanol–water partition coefficient (Wildman–Crippen LogP) is 5.83. The van der Waals surface area contributed by atoms with Crippen LogP contribution in [0, 0.1) is 12.3 Å². The van der Waals surface area contributed by atoms with Gasteiger partial charge in [-0.1, -0.05) is 45.2 Å². The molecule has 0 N–H and O–H groups in total. The van der Waals surface area contributed by atoms with Gasteiger partial charge in [0.1, 0.15) is 11.9 Å². The summed E-state index contributed by atoms with van der Waals surface area (Å²) in [5, 5.41) is 0.315. The zero-order valence-electron chi connectivity index (χ0n) is 13.5. The number of benzene rings is 1. The highest BCUT2D eigenvalue weighted by Crippen LogP contribution is 2.56. The van der Waals surface area contributed by atoms with Crippen molar-refractivity contribution < 1.29 is 4.74 Å². The zero-order valence-corrected chi connectivity index (χ0v) is 14.2. The van der Waals surface area contributed by atoms with Gasteiger partial charge in [-0.05, 0) is 42.9 Å². The number of halogens is 1. The topological polar surface area (TPSA) is 9.23 Å². The molecule has 0 aliphatic heterocycles. The summed E-state index contributed by atoms with van der Waals surface area (Å²) >= 11 is 6.60. The highest BCUT2D eigenvalue weighted by Gasteiger charge is 2.55. The first-order valence-corrected chi connectivity index (χ1v) is 8.88. The van der Waals surface area contributed by atoms with Crippen molar-refractivity contribution in [2.24, 2.45) is 5.41 Å². The fourth-order valence-corrected chi connectivity index (χ4v) is 4.60. The van der Waals surface area contributed by atoms with Crippen molar-refractivity contribution in [3.63, 3.8) is 0 Å². The van der Waals surface area contributed by atoms with E-state index in [2.05, 4.69) is 39.0 Å². The second-order valence-electron chi connectivity index (χ2n) is 7.30. The lowest BCUT2D eigenvalue weighted by Gasteiger charge is -2.55. The minimum atomic E-state index is 0.248. The van der Waals surface area contributed by atoms with Gasteiger partial charge >= 0.3 is 0 Å². The van der Waals surface area contributed by atoms with Gasteiger partial charge in [-0.25, -0.2) is 0 Å². The smallest absolute Gasteiger partial charge is 0.123 e. The molecule has 116 valence electrons. The minimum absolute atomic E-state index is 0.248. The van der Waals surface area contributed by atoms with Crippen LogP contribution in [0.1, 0.15) is 69.4 Å². The van der Waals surface area contributed by atoms with Crippen molar-refractivity contribution in [1.29, 1.82) is 0 Å². The third kappa shape index (κ3) is 2.70. The molecule has 2 aliphatic rings. The van der Waals surface area contributed by atoms with E-state index in [4.69, 9.17) is 16.3 Å². The molecule has 2 unspecified atom stereocenters. The van der Waals surface area contributed by atoms with Gasteiger partial charge in [0.25, 0.3) is 0 Å². The number of ether oxygens (including phenoxy) is 1. The van der Waals surface area contributed by atoms with Crippen LogP contribution in [0.4, 0.5) is 0 Å². The molecule has 1 spiro atoms. The second kappa shape index (κ2) is 5.83. The van der Waals surface area contributed by atoms with Gasteiger partial charge in [0, 0.05) is 17.2 Å². The SMILES string of the molecule is Cc1ccc(C(C)C)c(OC2CC(Cl)C23CCCCC3)c1. The third-order valence-corrected chi connectivity index (χ3v) is 6.14. The van der Waals surface area contributed by atoms with Gasteiger partial charge in [0.05, 0.1) is 0 Å². The number of rotatable bonds is 3. The van der Waals surface area contributed by atoms with E-state index in [9.17, 15) is 0 Å². The van der Waals surface area contributed by atoms with Crippen molar-refractivity contribution in [3.05, 3.63) is 29.3 Å². The third-order valence-electron chi connectivity index (χ3n) is 5.53. The highest BCUT2D eigenvalue weighted by molar-refractivity contribution is 6.21. The maximum atomic E-state index is 6.60. The standard InChI is InChI=1S/C19H27ClO/c1-13(2)15-8-7-14(3)11-16(15)21-18-12-17(20)19(18)9-5-4-6-10-19/h7-8,11,13,17-18H,4-6,9-10,12H2,1-3H3. The van der Waals surface area contributed by atoms with Crippen LogP contribution in [0.5, 0.6) is 5.75 Å². The molecule has 21 heavy (non-hydrogen) atoms. The Morgan fingerprint density at radius 3 is 2.52 bits per heavy atom. The largest absolute Gasteiger partial charge is 0.489 e. The molecule has 2 saturated carbocycles. The average Bonchev–Trinajstić information content (AvgIpc) is 2.47. The van der Waals surface area contributed by atoms with Gasteiger partial charge < -0.3 is 4.74 Å². The Labute approximate surface area is 134 Å². The van der Waals surface area contributed by atoms with E-state index >= 15 is 0 Å². The van der Waals surface area contributed by atoms with Crippen molar-refractivity contribution in [1.82, 2.24) is 0 Å². The summed E-state index contributed by atoms with van der Waals surface area (Å²) in [7, 11) is 0. The summed E-state index contributed by atoms with van der Waals surface area (Å²) in [6, 6.07) is 6.61. The van der Waals surface area contributed by atoms with Crippen molar-refractivity contribution in [2.75, 3.05) is 0 Å². The molecule has 2 aliphatic carbocycles. The van der Waals surface area contributed by atoms with E-state index in [1.165, 1.54) is 43.2 Å². The van der Waals surface area contributed by atoms with Gasteiger partial charge in [-0.3, -0.25) is 0 Å². The molecule has 3 rings (SSSR count). The number of alkyl halides is 1. The molecule has 0 bridgehead atoms. The molecule has 0 aromatic heterocycles. The Bertz CT molecular complexity index is 502. The molecule has 2 fully saturated rings. The Kier molecular flexibility index (Phi) is 4.23. The quantitative estimate of drug-likeness (QED) is 0.639. The Morgan fingerprint density at radius 1 is 1.19 bits per heavy atom. The lowest BCUT2D eigenvalue weighted by atomic mass is 9.58. The van der Waals surface area contributed by atoms with Gasteiger partial charge in [0.15, 0.2) is 0 Å². The summed E-state index contributed by atoms with van der Waals surface area (Å²) in [5.41, 5.74) is 2.84. The van der Waals surface area contributed by atoms with Crippen molar-refractivity contribution in [2.45, 2.75) is 76.7 Å². The zero-order chi connectivity index (χ0) is 15.0. The molecular weight excluding hydrogens is 280 g/mol. The first kappa shape index (κ1) is 15.2. The van der Waals surface area contributed by atoms with Crippen LogP contribution in [-0.4, -0.2) is 11.5 Å². The van der Waals surface area contributed by atoms with E-state index in [0.29, 0.717) is 17.4 Å². The fourth-order valence-electron chi connectivity index (χ4n) is 4.08. The summed E-state index contributed by atoms with van der Waals surface area (Å²) in [6.07, 6.45) is 7.80. The highest BCUT2D eigenvalue weighted by atomic mass is 35.5. The maximum absolute atomic E-state index is 6.60. The van der Waals surface area contributed by atoms with Crippen LogP contribution in [0.3, 0.4) is 0 Å². The molecule has 0 radical (unpaired) electrons. The second-order valence-corrected chi connectivity index (χ2v) is 7.83. The number of aryl methyl sites for hydroxylation is 1. The van der Waals surface area contributed by atoms with E-state index in [-0.39, 0.29) is 5.41 Å². The van der Waals surface area contributed by atoms with Gasteiger partial charge in [-0.15, -0.1) is 11.6 Å². The molecule has 0 heterocycles. The summed E-state index contributed by atoms with van der Waals surface area (Å²) in [5.74, 6) is 1.58. The van der Waals surface area contributed by atoms with Gasteiger partial charge in [-0.2, -0.15) is 0 Å². The van der Waals surface area contributed by atoms with E-state index < -0.39 is 0 Å². The minimum Gasteiger partial charge on any atom is -0.489 e. The first-order valence-electron chi connectivity index (χ1n) is 8.44. The normalized spacial score (nSPS) is 27.7. The van der Waals surface area contributed by atoms with E-state index in [1.807, 2.05) is 0 Å². The molecule has 0 amide bonds. The Morgan fingerprint density at radius 2 is 1.90 bits per heavy atom. The van der Waals surface area contributed by atoms with Crippen LogP contribution in [-0.2, 0) is 0 Å². The fraction of sp³-hybridized carbons (Fsp3) is 0.684. The Balaban J connectivity index is 1.82. The van der Waals surface area contributed by atoms with E-state index in [1.54, 1.807) is 0 Å². The van der Waals surface area contributed by atoms with Crippen LogP contribution in [0.25, 0.3) is 0 Å². The lowest BCUT2D eigenvalue weighted by molar-refractivity contribution is -0.0655. The summed E-state index contributed by atoms with van der Waals surface area (Å²) in [6.45, 7) is 6.61. The van der Waals surface area contributed by atoms with Gasteiger partial charge in [0.2, 0.25) is 0 Å². The molecule has 0 saturated heterocycles. The molecule has 1 aromatic carbocycles. The summed E-state index contributed by atoms with van der Waals surface area (Å²) in [4.78, 5) is 0. The molecule has 2 heteroatoms. The van der Waals surface area contributed by atoms with Crippen LogP contribution >= 0.6 is 11.6 Å². The van der Waals surface area contributed by atoms with Crippen LogP contribution in [0.15, 0.2) is 18.2 Å². The van der Waals surface area contributed by atoms with Crippen molar-refractivity contribution >= 4 is 11.6 Å². The number of hydrogen-bond acceptors (Lipinski definition) is 1. The van der Waals surface area contributed by atoms with E-state index in [0.717, 1.165) is 12.2 Å². The Hall–Kier alpha value is -0.690. The van der Waals surface area contributed by atoms with Crippen molar-refractivity contribution in [3.8, 4) is 5.75 Å². The molecule has 2 atom stereocenters. The number of hydrogen-bond donors (Lipinski definition) is 0. The lowest BCUT2D eigenvalue weighted by Crippen LogP contribution is -2.58. The maximum Gasteiger partial charge on any atom is 0.123 e. The molecule has 1 aromatic rings.